The van der Waals surface area contributed by atoms with E-state index in [4.69, 9.17) is 21.7 Å². The molecule has 0 aliphatic carbocycles. The maximum atomic E-state index is 5.99. The summed E-state index contributed by atoms with van der Waals surface area (Å²) in [6.45, 7) is 11.4. The number of imidazole rings is 1. The Balaban J connectivity index is 1.18. The van der Waals surface area contributed by atoms with E-state index in [0.717, 1.165) is 64.6 Å². The van der Waals surface area contributed by atoms with Crippen molar-refractivity contribution < 1.29 is 0 Å². The normalized spacial score (nSPS) is 23.6. The predicted octanol–water partition coefficient (Wildman–Crippen LogP) is 4.11. The van der Waals surface area contributed by atoms with Crippen molar-refractivity contribution in [3.8, 4) is 11.3 Å². The van der Waals surface area contributed by atoms with Gasteiger partial charge in [0.1, 0.15) is 0 Å². The lowest BCUT2D eigenvalue weighted by molar-refractivity contribution is 0.165. The second-order valence-corrected chi connectivity index (χ2v) is 9.96. The van der Waals surface area contributed by atoms with Gasteiger partial charge in [-0.3, -0.25) is 9.80 Å². The molecular weight excluding hydrogens is 416 g/mol. The summed E-state index contributed by atoms with van der Waals surface area (Å²) in [7, 11) is 0. The molecule has 2 aliphatic heterocycles. The molecule has 160 valence electrons. The molecule has 0 amide bonds. The van der Waals surface area contributed by atoms with Crippen molar-refractivity contribution in [3.63, 3.8) is 0 Å². The highest BCUT2D eigenvalue weighted by molar-refractivity contribution is 7.20. The lowest BCUT2D eigenvalue weighted by Crippen LogP contribution is -2.49. The van der Waals surface area contributed by atoms with Gasteiger partial charge >= 0.3 is 0 Å². The molecule has 2 saturated heterocycles. The fraction of sp³-hybridized carbons (Fsp3) is 0.545. The van der Waals surface area contributed by atoms with E-state index in [9.17, 15) is 0 Å². The van der Waals surface area contributed by atoms with Crippen molar-refractivity contribution in [1.29, 1.82) is 0 Å². The van der Waals surface area contributed by atoms with E-state index in [-0.39, 0.29) is 0 Å². The predicted molar refractivity (Wildman–Crippen MR) is 125 cm³/mol. The van der Waals surface area contributed by atoms with E-state index in [1.54, 1.807) is 11.3 Å². The zero-order valence-electron chi connectivity index (χ0n) is 17.7. The summed E-state index contributed by atoms with van der Waals surface area (Å²) >= 11 is 7.66. The largest absolute Gasteiger partial charge is 0.344 e. The van der Waals surface area contributed by atoms with Crippen LogP contribution in [0.5, 0.6) is 0 Å². The number of rotatable bonds is 5. The van der Waals surface area contributed by atoms with Gasteiger partial charge in [-0.2, -0.15) is 0 Å². The van der Waals surface area contributed by atoms with Crippen molar-refractivity contribution in [2.45, 2.75) is 38.8 Å². The van der Waals surface area contributed by atoms with E-state index >= 15 is 0 Å². The summed E-state index contributed by atoms with van der Waals surface area (Å²) in [5.41, 5.74) is 2.00. The number of fused-ring (bicyclic) bond motifs is 1. The molecule has 2 unspecified atom stereocenters. The first kappa shape index (κ1) is 20.2. The molecule has 2 fully saturated rings. The number of hydrogen-bond donors (Lipinski definition) is 0. The maximum Gasteiger partial charge on any atom is 0.214 e. The van der Waals surface area contributed by atoms with E-state index in [1.807, 2.05) is 35.0 Å². The van der Waals surface area contributed by atoms with Crippen LogP contribution < -0.4 is 4.90 Å². The zero-order valence-corrected chi connectivity index (χ0v) is 19.2. The number of halogens is 1. The van der Waals surface area contributed by atoms with Crippen LogP contribution in [0.15, 0.2) is 30.5 Å². The number of nitrogens with zero attached hydrogens (tertiary/aromatic N) is 6. The number of anilines is 1. The maximum absolute atomic E-state index is 5.99. The average molecular weight is 445 g/mol. The molecule has 8 heteroatoms. The van der Waals surface area contributed by atoms with Crippen LogP contribution in [-0.4, -0.2) is 75.8 Å². The van der Waals surface area contributed by atoms with Gasteiger partial charge in [-0.1, -0.05) is 35.1 Å². The smallest absolute Gasteiger partial charge is 0.214 e. The molecule has 2 aromatic heterocycles. The number of aromatic nitrogens is 3. The summed E-state index contributed by atoms with van der Waals surface area (Å²) in [6.07, 6.45) is 4.70. The van der Waals surface area contributed by atoms with Crippen molar-refractivity contribution in [2.24, 2.45) is 0 Å². The van der Waals surface area contributed by atoms with Crippen LogP contribution in [-0.2, 0) is 0 Å². The lowest BCUT2D eigenvalue weighted by atomic mass is 10.2. The molecule has 5 rings (SSSR count). The molecule has 0 N–H and O–H groups in total. The Morgan fingerprint density at radius 2 is 1.70 bits per heavy atom. The van der Waals surface area contributed by atoms with E-state index in [2.05, 4.69) is 28.5 Å². The third-order valence-corrected chi connectivity index (χ3v) is 7.86. The monoisotopic (exact) mass is 444 g/mol. The average Bonchev–Trinajstić information content (AvgIpc) is 3.41. The first-order chi connectivity index (χ1) is 14.6. The van der Waals surface area contributed by atoms with Gasteiger partial charge in [0.15, 0.2) is 0 Å². The van der Waals surface area contributed by atoms with Crippen LogP contribution in [0.25, 0.3) is 16.2 Å². The van der Waals surface area contributed by atoms with Crippen LogP contribution >= 0.6 is 22.9 Å². The van der Waals surface area contributed by atoms with Gasteiger partial charge in [0.2, 0.25) is 10.1 Å². The number of hydrogen-bond acceptors (Lipinski definition) is 6. The van der Waals surface area contributed by atoms with Gasteiger partial charge in [0.25, 0.3) is 0 Å². The van der Waals surface area contributed by atoms with Gasteiger partial charge in [-0.15, -0.1) is 5.10 Å². The summed E-state index contributed by atoms with van der Waals surface area (Å²) < 4.78 is 1.91. The highest BCUT2D eigenvalue weighted by Crippen LogP contribution is 2.28. The van der Waals surface area contributed by atoms with Crippen molar-refractivity contribution in [2.75, 3.05) is 44.2 Å². The Hall–Kier alpha value is -1.67. The minimum absolute atomic E-state index is 0.740. The van der Waals surface area contributed by atoms with Crippen LogP contribution in [0.4, 0.5) is 5.13 Å². The zero-order chi connectivity index (χ0) is 20.7. The minimum Gasteiger partial charge on any atom is -0.344 e. The van der Waals surface area contributed by atoms with Crippen molar-refractivity contribution in [3.05, 3.63) is 35.5 Å². The SMILES string of the molecule is CC1CCC(C)N1CCN1CCN(c2nn3cc(-c4ccc(Cl)cc4)nc3s2)CC1. The summed E-state index contributed by atoms with van der Waals surface area (Å²) in [5.74, 6) is 0. The summed E-state index contributed by atoms with van der Waals surface area (Å²) in [4.78, 5) is 13.4. The molecule has 0 saturated carbocycles. The standard InChI is InChI=1S/C22H29ClN6S/c1-16-3-4-17(2)28(16)14-11-26-9-12-27(13-10-26)22-25-29-15-20(24-21(29)30-22)18-5-7-19(23)8-6-18/h5-8,15-17H,3-4,9-14H2,1-2H3. The second kappa shape index (κ2) is 8.46. The van der Waals surface area contributed by atoms with Gasteiger partial charge in [0, 0.05) is 61.9 Å². The molecule has 6 nitrogen and oxygen atoms in total. The van der Waals surface area contributed by atoms with Gasteiger partial charge in [-0.05, 0) is 38.8 Å². The second-order valence-electron chi connectivity index (χ2n) is 8.59. The Morgan fingerprint density at radius 3 is 2.37 bits per heavy atom. The van der Waals surface area contributed by atoms with Gasteiger partial charge < -0.3 is 4.90 Å². The number of benzene rings is 1. The van der Waals surface area contributed by atoms with E-state index in [0.29, 0.717) is 0 Å². The topological polar surface area (TPSA) is 39.9 Å². The summed E-state index contributed by atoms with van der Waals surface area (Å²) in [6, 6.07) is 9.27. The highest BCUT2D eigenvalue weighted by atomic mass is 35.5. The molecule has 4 heterocycles. The van der Waals surface area contributed by atoms with Crippen LogP contribution in [0.2, 0.25) is 5.02 Å². The third-order valence-electron chi connectivity index (χ3n) is 6.62. The van der Waals surface area contributed by atoms with Gasteiger partial charge in [0.05, 0.1) is 11.9 Å². The molecule has 1 aromatic carbocycles. The van der Waals surface area contributed by atoms with Crippen molar-refractivity contribution in [1.82, 2.24) is 24.4 Å². The number of likely N-dealkylation sites (tertiary alicyclic amines) is 1. The highest BCUT2D eigenvalue weighted by Gasteiger charge is 2.28. The van der Waals surface area contributed by atoms with Gasteiger partial charge in [-0.25, -0.2) is 9.50 Å². The van der Waals surface area contributed by atoms with Crippen LogP contribution in [0.3, 0.4) is 0 Å². The first-order valence-corrected chi connectivity index (χ1v) is 12.1. The lowest BCUT2D eigenvalue weighted by Gasteiger charge is -2.36. The van der Waals surface area contributed by atoms with Crippen LogP contribution in [0.1, 0.15) is 26.7 Å². The Kier molecular flexibility index (Phi) is 5.71. The van der Waals surface area contributed by atoms with E-state index < -0.39 is 0 Å². The molecule has 30 heavy (non-hydrogen) atoms. The third kappa shape index (κ3) is 4.08. The molecule has 2 aliphatic rings. The summed E-state index contributed by atoms with van der Waals surface area (Å²) in [5, 5.41) is 6.61. The Morgan fingerprint density at radius 1 is 1.00 bits per heavy atom. The molecule has 0 bridgehead atoms. The first-order valence-electron chi connectivity index (χ1n) is 10.9. The molecule has 2 atom stereocenters. The van der Waals surface area contributed by atoms with E-state index in [1.165, 1.54) is 25.9 Å². The molecular formula is C22H29ClN6S. The Labute approximate surface area is 187 Å². The van der Waals surface area contributed by atoms with Crippen molar-refractivity contribution >= 4 is 33.0 Å². The fourth-order valence-corrected chi connectivity index (χ4v) is 5.75. The van der Waals surface area contributed by atoms with Crippen LogP contribution in [0, 0.1) is 0 Å². The Bertz CT molecular complexity index is 949. The molecule has 0 spiro atoms. The number of piperazine rings is 1. The fourth-order valence-electron chi connectivity index (χ4n) is 4.69. The minimum atomic E-state index is 0.740. The quantitative estimate of drug-likeness (QED) is 0.592. The molecule has 3 aromatic rings. The molecule has 0 radical (unpaired) electrons.